The van der Waals surface area contributed by atoms with Crippen molar-refractivity contribution in [2.75, 3.05) is 23.4 Å². The Balaban J connectivity index is 1.63. The van der Waals surface area contributed by atoms with Gasteiger partial charge in [0.1, 0.15) is 17.3 Å². The van der Waals surface area contributed by atoms with E-state index in [4.69, 9.17) is 16.3 Å². The van der Waals surface area contributed by atoms with E-state index in [1.54, 1.807) is 50.2 Å². The summed E-state index contributed by atoms with van der Waals surface area (Å²) in [5.74, 6) is -0.642. The van der Waals surface area contributed by atoms with Gasteiger partial charge in [0.15, 0.2) is 0 Å². The number of methoxy groups -OCH3 is 1. The maximum atomic E-state index is 13.1. The Bertz CT molecular complexity index is 1710. The molecule has 2 aromatic carbocycles. The molecule has 0 aliphatic rings. The van der Waals surface area contributed by atoms with Crippen LogP contribution in [0, 0.1) is 0 Å². The molecule has 0 saturated heterocycles. The first-order chi connectivity index (χ1) is 18.5. The third-order valence-electron chi connectivity index (χ3n) is 5.79. The Kier molecular flexibility index (Phi) is 7.94. The fraction of sp³-hybridized carbons (Fsp3) is 0.231. The summed E-state index contributed by atoms with van der Waals surface area (Å²) in [6, 6.07) is 13.5. The van der Waals surface area contributed by atoms with Crippen molar-refractivity contribution in [1.29, 1.82) is 0 Å². The molecule has 0 bridgehead atoms. The van der Waals surface area contributed by atoms with E-state index in [0.717, 1.165) is 17.0 Å². The van der Waals surface area contributed by atoms with E-state index in [-0.39, 0.29) is 16.6 Å². The Labute approximate surface area is 237 Å². The van der Waals surface area contributed by atoms with Crippen LogP contribution in [-0.2, 0) is 15.4 Å². The number of hydrogen-bond acceptors (Lipinski definition) is 7. The van der Waals surface area contributed by atoms with Gasteiger partial charge in [0.05, 0.1) is 23.9 Å². The molecule has 4 rings (SSSR count). The molecule has 40 heavy (non-hydrogen) atoms. The van der Waals surface area contributed by atoms with Gasteiger partial charge in [-0.15, -0.1) is 24.5 Å². The normalized spacial score (nSPS) is 12.3. The molecule has 0 saturated carbocycles. The number of fused-ring (bicyclic) bond motifs is 1. The second kappa shape index (κ2) is 10.8. The van der Waals surface area contributed by atoms with Crippen LogP contribution < -0.4 is 19.5 Å². The molecule has 0 radical (unpaired) electrons. The van der Waals surface area contributed by atoms with Crippen molar-refractivity contribution in [3.63, 3.8) is 0 Å². The molecule has 4 aromatic rings. The molecule has 0 unspecified atom stereocenters. The van der Waals surface area contributed by atoms with Gasteiger partial charge in [0, 0.05) is 26.9 Å². The summed E-state index contributed by atoms with van der Waals surface area (Å²) in [4.78, 5) is 17.9. The van der Waals surface area contributed by atoms with E-state index < -0.39 is 33.5 Å². The predicted molar refractivity (Wildman–Crippen MR) is 149 cm³/mol. The number of nitrogens with one attached hydrogen (secondary N) is 2. The maximum absolute atomic E-state index is 13.1. The highest BCUT2D eigenvalue weighted by Gasteiger charge is 2.33. The number of nitrogens with zero attached hydrogens (tertiary/aromatic N) is 1. The van der Waals surface area contributed by atoms with Gasteiger partial charge in [0.25, 0.3) is 5.91 Å². The minimum atomic E-state index is -4.89. The van der Waals surface area contributed by atoms with Crippen molar-refractivity contribution in [1.82, 2.24) is 4.98 Å². The molecule has 2 heterocycles. The Morgan fingerprint density at radius 2 is 1.73 bits per heavy atom. The van der Waals surface area contributed by atoms with Crippen LogP contribution in [0.3, 0.4) is 0 Å². The number of pyridine rings is 1. The van der Waals surface area contributed by atoms with Gasteiger partial charge >= 0.3 is 6.36 Å². The number of amides is 1. The topological polar surface area (TPSA) is 107 Å². The quantitative estimate of drug-likeness (QED) is 0.226. The minimum absolute atomic E-state index is 0.132. The number of sulfonamides is 1. The van der Waals surface area contributed by atoms with Crippen LogP contribution in [0.25, 0.3) is 10.1 Å². The molecule has 0 spiro atoms. The van der Waals surface area contributed by atoms with Crippen LogP contribution in [0.1, 0.15) is 34.8 Å². The van der Waals surface area contributed by atoms with Crippen molar-refractivity contribution >= 4 is 60.5 Å². The summed E-state index contributed by atoms with van der Waals surface area (Å²) in [7, 11) is -2.14. The molecular formula is C26H23ClF3N3O5S2. The zero-order valence-electron chi connectivity index (χ0n) is 21.5. The van der Waals surface area contributed by atoms with Gasteiger partial charge in [-0.1, -0.05) is 25.4 Å². The fourth-order valence-corrected chi connectivity index (χ4v) is 5.58. The third kappa shape index (κ3) is 7.14. The molecule has 2 N–H and O–H groups in total. The third-order valence-corrected chi connectivity index (χ3v) is 7.73. The van der Waals surface area contributed by atoms with Gasteiger partial charge in [-0.25, -0.2) is 13.4 Å². The number of aromatic nitrogens is 1. The maximum Gasteiger partial charge on any atom is 0.573 e. The Morgan fingerprint density at radius 3 is 2.38 bits per heavy atom. The number of anilines is 2. The SMILES string of the molecule is COc1cc(OC(F)(F)F)cc(C(C)(C)c2cc(Cl)cc(NC(=O)c3cc4cc(NS(C)(=O)=O)ccc4s3)n2)c1. The number of thiophene rings is 1. The number of rotatable bonds is 8. The summed E-state index contributed by atoms with van der Waals surface area (Å²) < 4.78 is 74.1. The Morgan fingerprint density at radius 1 is 1.02 bits per heavy atom. The van der Waals surface area contributed by atoms with E-state index in [2.05, 4.69) is 19.8 Å². The average Bonchev–Trinajstić information content (AvgIpc) is 3.25. The second-order valence-corrected chi connectivity index (χ2v) is 12.6. The lowest BCUT2D eigenvalue weighted by Gasteiger charge is -2.27. The van der Waals surface area contributed by atoms with Gasteiger partial charge in [0.2, 0.25) is 10.0 Å². The van der Waals surface area contributed by atoms with E-state index >= 15 is 0 Å². The number of carbonyl (C=O) groups excluding carboxylic acids is 1. The number of carbonyl (C=O) groups is 1. The van der Waals surface area contributed by atoms with Crippen molar-refractivity contribution < 1.29 is 35.9 Å². The largest absolute Gasteiger partial charge is 0.573 e. The monoisotopic (exact) mass is 613 g/mol. The molecule has 0 aliphatic heterocycles. The first-order valence-corrected chi connectivity index (χ1v) is 14.6. The summed E-state index contributed by atoms with van der Waals surface area (Å²) >= 11 is 7.54. The summed E-state index contributed by atoms with van der Waals surface area (Å²) in [6.07, 6.45) is -3.85. The highest BCUT2D eigenvalue weighted by Crippen LogP contribution is 2.38. The molecule has 0 fully saturated rings. The predicted octanol–water partition coefficient (Wildman–Crippen LogP) is 6.81. The van der Waals surface area contributed by atoms with E-state index in [1.807, 2.05) is 0 Å². The van der Waals surface area contributed by atoms with Crippen LogP contribution in [-0.4, -0.2) is 39.0 Å². The number of hydrogen-bond donors (Lipinski definition) is 2. The number of ether oxygens (including phenoxy) is 2. The first kappa shape index (κ1) is 29.4. The lowest BCUT2D eigenvalue weighted by molar-refractivity contribution is -0.274. The van der Waals surface area contributed by atoms with Crippen LogP contribution in [0.5, 0.6) is 11.5 Å². The lowest BCUT2D eigenvalue weighted by Crippen LogP contribution is -2.23. The molecule has 14 heteroatoms. The zero-order chi connectivity index (χ0) is 29.5. The smallest absolute Gasteiger partial charge is 0.497 e. The van der Waals surface area contributed by atoms with Crippen molar-refractivity contribution in [2.24, 2.45) is 0 Å². The summed E-state index contributed by atoms with van der Waals surface area (Å²) in [5, 5.41) is 3.62. The molecule has 0 atom stereocenters. The van der Waals surface area contributed by atoms with Gasteiger partial charge in [-0.2, -0.15) is 0 Å². The Hall–Kier alpha value is -3.55. The second-order valence-electron chi connectivity index (χ2n) is 9.32. The standard InChI is InChI=1S/C26H23ClF3N3O5S2/c1-25(2,15-9-18(37-3)13-19(10-15)38-26(28,29)30)22-11-16(27)12-23(31-22)32-24(34)21-8-14-7-17(33-40(4,35)36)5-6-20(14)39-21/h5-13,33H,1-4H3,(H,31,32,34). The van der Waals surface area contributed by atoms with Gasteiger partial charge in [-0.05, 0) is 59.5 Å². The highest BCUT2D eigenvalue weighted by molar-refractivity contribution is 7.92. The van der Waals surface area contributed by atoms with Crippen LogP contribution in [0.2, 0.25) is 5.02 Å². The lowest BCUT2D eigenvalue weighted by atomic mass is 9.81. The molecule has 2 aromatic heterocycles. The molecule has 1 amide bonds. The molecule has 212 valence electrons. The van der Waals surface area contributed by atoms with Crippen molar-refractivity contribution in [2.45, 2.75) is 25.6 Å². The molecular weight excluding hydrogens is 591 g/mol. The number of halogens is 4. The molecule has 8 nitrogen and oxygen atoms in total. The zero-order valence-corrected chi connectivity index (χ0v) is 23.9. The number of alkyl halides is 3. The van der Waals surface area contributed by atoms with E-state index in [1.165, 1.54) is 30.6 Å². The summed E-state index contributed by atoms with van der Waals surface area (Å²) in [6.45, 7) is 3.47. The van der Waals surface area contributed by atoms with E-state index in [9.17, 15) is 26.4 Å². The van der Waals surface area contributed by atoms with Gasteiger partial charge < -0.3 is 14.8 Å². The fourth-order valence-electron chi connectivity index (χ4n) is 3.88. The van der Waals surface area contributed by atoms with Crippen molar-refractivity contribution in [3.05, 3.63) is 75.8 Å². The van der Waals surface area contributed by atoms with Crippen molar-refractivity contribution in [3.8, 4) is 11.5 Å². The number of benzene rings is 2. The minimum Gasteiger partial charge on any atom is -0.497 e. The molecule has 0 aliphatic carbocycles. The van der Waals surface area contributed by atoms with Crippen LogP contribution in [0.4, 0.5) is 24.7 Å². The summed E-state index contributed by atoms with van der Waals surface area (Å²) in [5.41, 5.74) is 0.156. The van der Waals surface area contributed by atoms with Crippen LogP contribution in [0.15, 0.2) is 54.6 Å². The highest BCUT2D eigenvalue weighted by atomic mass is 35.5. The van der Waals surface area contributed by atoms with Gasteiger partial charge in [-0.3, -0.25) is 9.52 Å². The average molecular weight is 614 g/mol. The van der Waals surface area contributed by atoms with E-state index in [0.29, 0.717) is 27.2 Å². The van der Waals surface area contributed by atoms with Crippen LogP contribution >= 0.6 is 22.9 Å². The first-order valence-electron chi connectivity index (χ1n) is 11.5.